The van der Waals surface area contributed by atoms with E-state index in [1.54, 1.807) is 11.9 Å². The third kappa shape index (κ3) is 3.48. The van der Waals surface area contributed by atoms with Gasteiger partial charge in [0.15, 0.2) is 0 Å². The van der Waals surface area contributed by atoms with Crippen molar-refractivity contribution in [3.8, 4) is 0 Å². The van der Waals surface area contributed by atoms with Gasteiger partial charge >= 0.3 is 0 Å². The lowest BCUT2D eigenvalue weighted by atomic mass is 10.0. The molecule has 0 atom stereocenters. The largest absolute Gasteiger partial charge is 0.409 e. The van der Waals surface area contributed by atoms with Crippen LogP contribution in [0.3, 0.4) is 0 Å². The van der Waals surface area contributed by atoms with Crippen molar-refractivity contribution in [3.63, 3.8) is 0 Å². The Kier molecular flexibility index (Phi) is 4.71. The van der Waals surface area contributed by atoms with E-state index >= 15 is 0 Å². The molecule has 0 saturated heterocycles. The summed E-state index contributed by atoms with van der Waals surface area (Å²) in [5, 5.41) is 11.3. The van der Waals surface area contributed by atoms with Gasteiger partial charge < -0.3 is 15.8 Å². The molecule has 1 aromatic rings. The predicted molar refractivity (Wildman–Crippen MR) is 70.9 cm³/mol. The van der Waals surface area contributed by atoms with Crippen molar-refractivity contribution in [1.29, 1.82) is 0 Å². The summed E-state index contributed by atoms with van der Waals surface area (Å²) in [5.74, 6) is 0.0634. The van der Waals surface area contributed by atoms with E-state index in [1.165, 1.54) is 0 Å². The van der Waals surface area contributed by atoms with Gasteiger partial charge in [0.25, 0.3) is 5.91 Å². The molecule has 0 heterocycles. The predicted octanol–water partition coefficient (Wildman–Crippen LogP) is 1.51. The lowest BCUT2D eigenvalue weighted by Gasteiger charge is -2.18. The molecule has 0 aliphatic rings. The zero-order valence-electron chi connectivity index (χ0n) is 11.0. The van der Waals surface area contributed by atoms with Crippen molar-refractivity contribution in [1.82, 2.24) is 4.90 Å². The first-order valence-corrected chi connectivity index (χ1v) is 5.75. The number of carbonyl (C=O) groups excluding carboxylic acids is 1. The second kappa shape index (κ2) is 6.05. The van der Waals surface area contributed by atoms with Crippen LogP contribution in [0, 0.1) is 13.8 Å². The van der Waals surface area contributed by atoms with Gasteiger partial charge in [0.2, 0.25) is 0 Å². The summed E-state index contributed by atoms with van der Waals surface area (Å²) in [4.78, 5) is 13.7. The molecule has 0 spiro atoms. The summed E-state index contributed by atoms with van der Waals surface area (Å²) < 4.78 is 0. The molecule has 0 aliphatic heterocycles. The number of hydrogen-bond acceptors (Lipinski definition) is 3. The highest BCUT2D eigenvalue weighted by Crippen LogP contribution is 2.12. The summed E-state index contributed by atoms with van der Waals surface area (Å²) in [5.41, 5.74) is 8.14. The third-order valence-electron chi connectivity index (χ3n) is 2.79. The van der Waals surface area contributed by atoms with E-state index in [2.05, 4.69) is 5.16 Å². The van der Waals surface area contributed by atoms with E-state index in [4.69, 9.17) is 10.9 Å². The minimum Gasteiger partial charge on any atom is -0.409 e. The maximum Gasteiger partial charge on any atom is 0.253 e. The molecular formula is C13H19N3O2. The van der Waals surface area contributed by atoms with Crippen molar-refractivity contribution in [2.75, 3.05) is 13.6 Å². The van der Waals surface area contributed by atoms with E-state index < -0.39 is 0 Å². The Morgan fingerprint density at radius 2 is 2.11 bits per heavy atom. The van der Waals surface area contributed by atoms with Crippen LogP contribution in [0.25, 0.3) is 0 Å². The van der Waals surface area contributed by atoms with Crippen LogP contribution in [-0.4, -0.2) is 35.4 Å². The molecule has 1 amide bonds. The summed E-state index contributed by atoms with van der Waals surface area (Å²) in [6.45, 7) is 4.32. The molecule has 0 bridgehead atoms. The monoisotopic (exact) mass is 249 g/mol. The topological polar surface area (TPSA) is 78.9 Å². The number of benzene rings is 1. The zero-order valence-corrected chi connectivity index (χ0v) is 11.0. The Hall–Kier alpha value is -2.04. The molecule has 1 aromatic carbocycles. The lowest BCUT2D eigenvalue weighted by molar-refractivity contribution is 0.0798. The molecule has 0 unspecified atom stereocenters. The summed E-state index contributed by atoms with van der Waals surface area (Å²) in [6.07, 6.45) is 0.351. The van der Waals surface area contributed by atoms with Crippen molar-refractivity contribution < 1.29 is 10.0 Å². The van der Waals surface area contributed by atoms with E-state index in [0.717, 1.165) is 11.1 Å². The molecule has 0 radical (unpaired) electrons. The van der Waals surface area contributed by atoms with Crippen LogP contribution >= 0.6 is 0 Å². The number of nitrogens with two attached hydrogens (primary N) is 1. The summed E-state index contributed by atoms with van der Waals surface area (Å²) in [6, 6.07) is 5.72. The fourth-order valence-corrected chi connectivity index (χ4v) is 1.69. The molecule has 1 rings (SSSR count). The Bertz CT molecular complexity index is 469. The number of carbonyl (C=O) groups is 1. The minimum absolute atomic E-state index is 0.0572. The normalized spacial score (nSPS) is 11.4. The van der Waals surface area contributed by atoms with Gasteiger partial charge in [-0.15, -0.1) is 0 Å². The highest BCUT2D eigenvalue weighted by molar-refractivity contribution is 5.95. The summed E-state index contributed by atoms with van der Waals surface area (Å²) >= 11 is 0. The van der Waals surface area contributed by atoms with E-state index in [9.17, 15) is 4.79 Å². The maximum absolute atomic E-state index is 12.2. The highest BCUT2D eigenvalue weighted by Gasteiger charge is 2.14. The Balaban J connectivity index is 2.74. The van der Waals surface area contributed by atoms with Gasteiger partial charge in [0.1, 0.15) is 5.84 Å². The fourth-order valence-electron chi connectivity index (χ4n) is 1.69. The number of hydrogen-bond donors (Lipinski definition) is 2. The standard InChI is InChI=1S/C13H19N3O2/c1-9-4-5-11(10(2)8-9)13(17)16(3)7-6-12(14)15-18/h4-5,8,18H,6-7H2,1-3H3,(H2,14,15). The first-order valence-electron chi connectivity index (χ1n) is 5.75. The first-order chi connectivity index (χ1) is 8.45. The average Bonchev–Trinajstić information content (AvgIpc) is 2.34. The summed E-state index contributed by atoms with van der Waals surface area (Å²) in [7, 11) is 1.70. The number of amides is 1. The second-order valence-corrected chi connectivity index (χ2v) is 4.39. The van der Waals surface area contributed by atoms with Gasteiger partial charge in [-0.3, -0.25) is 4.79 Å². The highest BCUT2D eigenvalue weighted by atomic mass is 16.4. The van der Waals surface area contributed by atoms with Gasteiger partial charge in [-0.25, -0.2) is 0 Å². The number of nitrogens with zero attached hydrogens (tertiary/aromatic N) is 2. The van der Waals surface area contributed by atoms with Crippen molar-refractivity contribution in [2.24, 2.45) is 10.9 Å². The van der Waals surface area contributed by atoms with E-state index in [-0.39, 0.29) is 11.7 Å². The lowest BCUT2D eigenvalue weighted by Crippen LogP contribution is -2.31. The Morgan fingerprint density at radius 1 is 1.44 bits per heavy atom. The fraction of sp³-hybridized carbons (Fsp3) is 0.385. The Labute approximate surface area is 107 Å². The molecule has 5 nitrogen and oxygen atoms in total. The van der Waals surface area contributed by atoms with Crippen LogP contribution in [-0.2, 0) is 0 Å². The van der Waals surface area contributed by atoms with Crippen LogP contribution in [0.15, 0.2) is 23.4 Å². The zero-order chi connectivity index (χ0) is 13.7. The minimum atomic E-state index is -0.0572. The van der Waals surface area contributed by atoms with Gasteiger partial charge in [0.05, 0.1) is 0 Å². The van der Waals surface area contributed by atoms with Gasteiger partial charge in [-0.1, -0.05) is 22.9 Å². The van der Waals surface area contributed by atoms with Gasteiger partial charge in [-0.05, 0) is 25.5 Å². The average molecular weight is 249 g/mol. The quantitative estimate of drug-likeness (QED) is 0.367. The van der Waals surface area contributed by atoms with E-state index in [0.29, 0.717) is 18.5 Å². The number of rotatable bonds is 4. The van der Waals surface area contributed by atoms with Crippen molar-refractivity contribution in [3.05, 3.63) is 34.9 Å². The SMILES string of the molecule is Cc1ccc(C(=O)N(C)CC/C(N)=N/O)c(C)c1. The number of amidine groups is 1. The number of aryl methyl sites for hydroxylation is 2. The van der Waals surface area contributed by atoms with Gasteiger partial charge in [-0.2, -0.15) is 0 Å². The smallest absolute Gasteiger partial charge is 0.253 e. The molecule has 0 aromatic heterocycles. The molecule has 3 N–H and O–H groups in total. The van der Waals surface area contributed by atoms with Crippen molar-refractivity contribution in [2.45, 2.75) is 20.3 Å². The van der Waals surface area contributed by atoms with Crippen LogP contribution in [0.1, 0.15) is 27.9 Å². The molecule has 0 saturated carbocycles. The van der Waals surface area contributed by atoms with Crippen LogP contribution in [0.5, 0.6) is 0 Å². The third-order valence-corrected chi connectivity index (χ3v) is 2.79. The van der Waals surface area contributed by atoms with Crippen LogP contribution in [0.4, 0.5) is 0 Å². The molecule has 0 aliphatic carbocycles. The van der Waals surface area contributed by atoms with Crippen LogP contribution < -0.4 is 5.73 Å². The second-order valence-electron chi connectivity index (χ2n) is 4.39. The van der Waals surface area contributed by atoms with Crippen molar-refractivity contribution >= 4 is 11.7 Å². The Morgan fingerprint density at radius 3 is 2.67 bits per heavy atom. The molecule has 5 heteroatoms. The molecule has 18 heavy (non-hydrogen) atoms. The van der Waals surface area contributed by atoms with Crippen LogP contribution in [0.2, 0.25) is 0 Å². The molecule has 98 valence electrons. The van der Waals surface area contributed by atoms with Gasteiger partial charge in [0, 0.05) is 25.6 Å². The van der Waals surface area contributed by atoms with E-state index in [1.807, 2.05) is 32.0 Å². The molecule has 0 fully saturated rings. The molecular weight excluding hydrogens is 230 g/mol. The first kappa shape index (κ1) is 14.0. The number of oxime groups is 1. The maximum atomic E-state index is 12.2.